The van der Waals surface area contributed by atoms with Gasteiger partial charge in [-0.25, -0.2) is 9.78 Å². The lowest BCUT2D eigenvalue weighted by Crippen LogP contribution is -2.30. The number of nitrogens with zero attached hydrogens (tertiary/aromatic N) is 1. The molecule has 7 heteroatoms. The number of fused-ring (bicyclic) bond motifs is 2. The largest absolute Gasteiger partial charge is 0.497 e. The lowest BCUT2D eigenvalue weighted by atomic mass is 10.0. The molecule has 2 N–H and O–H groups in total. The van der Waals surface area contributed by atoms with Crippen LogP contribution in [0.2, 0.25) is 0 Å². The fourth-order valence-electron chi connectivity index (χ4n) is 3.80. The number of carbonyl (C=O) groups is 1. The zero-order valence-electron chi connectivity index (χ0n) is 20.1. The van der Waals surface area contributed by atoms with Crippen molar-refractivity contribution in [2.24, 2.45) is 0 Å². The molecule has 0 aliphatic rings. The molecule has 34 heavy (non-hydrogen) atoms. The maximum Gasteiger partial charge on any atom is 0.407 e. The van der Waals surface area contributed by atoms with Gasteiger partial charge in [-0.1, -0.05) is 12.1 Å². The molecule has 0 aliphatic carbocycles. The van der Waals surface area contributed by atoms with E-state index in [0.717, 1.165) is 55.8 Å². The van der Waals surface area contributed by atoms with Crippen molar-refractivity contribution in [3.63, 3.8) is 0 Å². The Bertz CT molecular complexity index is 1330. The number of methoxy groups -OCH3 is 2. The number of hydrogen-bond donors (Lipinski definition) is 2. The van der Waals surface area contributed by atoms with E-state index in [-0.39, 0.29) is 12.6 Å². The van der Waals surface area contributed by atoms with E-state index in [9.17, 15) is 4.79 Å². The summed E-state index contributed by atoms with van der Waals surface area (Å²) in [6.07, 6.45) is -0.423. The van der Waals surface area contributed by atoms with Crippen LogP contribution in [0.4, 0.5) is 16.2 Å². The molecule has 7 nitrogen and oxygen atoms in total. The van der Waals surface area contributed by atoms with Crippen LogP contribution in [-0.4, -0.2) is 31.3 Å². The molecular formula is C27H29N3O4. The standard InChI is InChI=1S/C27H29N3O4/c1-16(2)28-27(31)34-15-18-6-8-19(9-7-18)29-26-21-11-10-20(32-4)13-23(21)30-24-14-25(33-5)17(3)12-22(24)26/h6-14,16H,15H2,1-5H3,(H,28,31)(H,29,30). The second kappa shape index (κ2) is 9.87. The van der Waals surface area contributed by atoms with Gasteiger partial charge in [0, 0.05) is 34.6 Å². The number of alkyl carbamates (subject to hydrolysis) is 1. The number of pyridine rings is 1. The van der Waals surface area contributed by atoms with Gasteiger partial charge in [-0.3, -0.25) is 0 Å². The number of rotatable bonds is 7. The third-order valence-electron chi connectivity index (χ3n) is 5.50. The van der Waals surface area contributed by atoms with Gasteiger partial charge in [0.05, 0.1) is 30.9 Å². The maximum atomic E-state index is 11.7. The van der Waals surface area contributed by atoms with Gasteiger partial charge < -0.3 is 24.8 Å². The Labute approximate surface area is 199 Å². The van der Waals surface area contributed by atoms with E-state index in [4.69, 9.17) is 19.2 Å². The third-order valence-corrected chi connectivity index (χ3v) is 5.50. The van der Waals surface area contributed by atoms with E-state index < -0.39 is 6.09 Å². The summed E-state index contributed by atoms with van der Waals surface area (Å²) in [4.78, 5) is 16.6. The lowest BCUT2D eigenvalue weighted by Gasteiger charge is -2.16. The second-order valence-electron chi connectivity index (χ2n) is 8.41. The van der Waals surface area contributed by atoms with E-state index in [1.807, 2.05) is 69.3 Å². The van der Waals surface area contributed by atoms with Crippen molar-refractivity contribution in [2.45, 2.75) is 33.4 Å². The van der Waals surface area contributed by atoms with Crippen LogP contribution >= 0.6 is 0 Å². The number of aromatic nitrogens is 1. The van der Waals surface area contributed by atoms with Crippen LogP contribution in [0, 0.1) is 6.92 Å². The SMILES string of the molecule is COc1ccc2c(Nc3ccc(COC(=O)NC(C)C)cc3)c3cc(C)c(OC)cc3nc2c1. The lowest BCUT2D eigenvalue weighted by molar-refractivity contribution is 0.137. The van der Waals surface area contributed by atoms with E-state index in [1.54, 1.807) is 14.2 Å². The zero-order valence-corrected chi connectivity index (χ0v) is 20.1. The van der Waals surface area contributed by atoms with Crippen LogP contribution < -0.4 is 20.1 Å². The molecule has 0 spiro atoms. The summed E-state index contributed by atoms with van der Waals surface area (Å²) in [7, 11) is 3.31. The van der Waals surface area contributed by atoms with Gasteiger partial charge >= 0.3 is 6.09 Å². The molecular weight excluding hydrogens is 430 g/mol. The number of ether oxygens (including phenoxy) is 3. The summed E-state index contributed by atoms with van der Waals surface area (Å²) >= 11 is 0. The Morgan fingerprint density at radius 2 is 1.68 bits per heavy atom. The highest BCUT2D eigenvalue weighted by Crippen LogP contribution is 2.37. The van der Waals surface area contributed by atoms with Crippen LogP contribution in [0.15, 0.2) is 54.6 Å². The Morgan fingerprint density at radius 1 is 0.941 bits per heavy atom. The van der Waals surface area contributed by atoms with Gasteiger partial charge in [-0.2, -0.15) is 0 Å². The minimum absolute atomic E-state index is 0.0349. The van der Waals surface area contributed by atoms with E-state index in [1.165, 1.54) is 0 Å². The highest BCUT2D eigenvalue weighted by molar-refractivity contribution is 6.09. The van der Waals surface area contributed by atoms with Gasteiger partial charge in [-0.15, -0.1) is 0 Å². The number of hydrogen-bond acceptors (Lipinski definition) is 6. The Kier molecular flexibility index (Phi) is 6.72. The number of carbonyl (C=O) groups excluding carboxylic acids is 1. The Morgan fingerprint density at radius 3 is 2.35 bits per heavy atom. The summed E-state index contributed by atoms with van der Waals surface area (Å²) in [6, 6.07) is 17.8. The average Bonchev–Trinajstić information content (AvgIpc) is 2.82. The molecule has 1 amide bonds. The molecule has 176 valence electrons. The van der Waals surface area contributed by atoms with Crippen molar-refractivity contribution >= 4 is 39.3 Å². The van der Waals surface area contributed by atoms with E-state index in [0.29, 0.717) is 0 Å². The van der Waals surface area contributed by atoms with Crippen molar-refractivity contribution in [3.05, 3.63) is 65.7 Å². The summed E-state index contributed by atoms with van der Waals surface area (Å²) < 4.78 is 16.2. The molecule has 0 fully saturated rings. The summed E-state index contributed by atoms with van der Waals surface area (Å²) in [5, 5.41) is 8.26. The van der Waals surface area contributed by atoms with Gasteiger partial charge in [-0.05, 0) is 62.2 Å². The van der Waals surface area contributed by atoms with Crippen molar-refractivity contribution in [1.82, 2.24) is 10.3 Å². The highest BCUT2D eigenvalue weighted by Gasteiger charge is 2.13. The summed E-state index contributed by atoms with van der Waals surface area (Å²) in [5.74, 6) is 1.54. The molecule has 0 bridgehead atoms. The van der Waals surface area contributed by atoms with Gasteiger partial charge in [0.25, 0.3) is 0 Å². The van der Waals surface area contributed by atoms with Crippen molar-refractivity contribution < 1.29 is 19.0 Å². The normalized spacial score (nSPS) is 11.0. The first-order valence-electron chi connectivity index (χ1n) is 11.1. The van der Waals surface area contributed by atoms with E-state index >= 15 is 0 Å². The maximum absolute atomic E-state index is 11.7. The highest BCUT2D eigenvalue weighted by atomic mass is 16.5. The van der Waals surface area contributed by atoms with E-state index in [2.05, 4.69) is 16.7 Å². The van der Waals surface area contributed by atoms with Crippen LogP contribution in [0.25, 0.3) is 21.8 Å². The first-order chi connectivity index (χ1) is 16.4. The number of nitrogens with one attached hydrogen (secondary N) is 2. The predicted molar refractivity (Wildman–Crippen MR) is 135 cm³/mol. The fraction of sp³-hybridized carbons (Fsp3) is 0.259. The number of anilines is 2. The van der Waals surface area contributed by atoms with Gasteiger partial charge in [0.2, 0.25) is 0 Å². The minimum Gasteiger partial charge on any atom is -0.497 e. The molecule has 0 saturated heterocycles. The predicted octanol–water partition coefficient (Wildman–Crippen LogP) is 6.09. The number of amides is 1. The zero-order chi connectivity index (χ0) is 24.2. The second-order valence-corrected chi connectivity index (χ2v) is 8.41. The monoisotopic (exact) mass is 459 g/mol. The van der Waals surface area contributed by atoms with Crippen molar-refractivity contribution in [3.8, 4) is 11.5 Å². The topological polar surface area (TPSA) is 81.7 Å². The average molecular weight is 460 g/mol. The van der Waals surface area contributed by atoms with Gasteiger partial charge in [0.1, 0.15) is 18.1 Å². The number of benzene rings is 3. The molecule has 3 aromatic carbocycles. The third kappa shape index (κ3) is 4.98. The van der Waals surface area contributed by atoms with Gasteiger partial charge in [0.15, 0.2) is 0 Å². The Balaban J connectivity index is 1.68. The van der Waals surface area contributed by atoms with Crippen LogP contribution in [0.1, 0.15) is 25.0 Å². The first kappa shape index (κ1) is 23.2. The molecule has 0 radical (unpaired) electrons. The summed E-state index contributed by atoms with van der Waals surface area (Å²) in [6.45, 7) is 6.01. The minimum atomic E-state index is -0.423. The molecule has 4 rings (SSSR count). The molecule has 0 aliphatic heterocycles. The molecule has 4 aromatic rings. The fourth-order valence-corrected chi connectivity index (χ4v) is 3.80. The first-order valence-corrected chi connectivity index (χ1v) is 11.1. The van der Waals surface area contributed by atoms with Crippen molar-refractivity contribution in [1.29, 1.82) is 0 Å². The van der Waals surface area contributed by atoms with Crippen molar-refractivity contribution in [2.75, 3.05) is 19.5 Å². The molecule has 0 saturated carbocycles. The summed E-state index contributed by atoms with van der Waals surface area (Å²) in [5.41, 5.74) is 5.44. The number of aryl methyl sites for hydroxylation is 1. The van der Waals surface area contributed by atoms with Crippen LogP contribution in [0.5, 0.6) is 11.5 Å². The Hall–Kier alpha value is -4.00. The quantitative estimate of drug-likeness (QED) is 0.325. The molecule has 1 heterocycles. The molecule has 0 unspecified atom stereocenters. The van der Waals surface area contributed by atoms with Crippen LogP contribution in [0.3, 0.4) is 0 Å². The smallest absolute Gasteiger partial charge is 0.407 e. The molecule has 1 aromatic heterocycles. The van der Waals surface area contributed by atoms with Crippen LogP contribution in [-0.2, 0) is 11.3 Å². The molecule has 0 atom stereocenters.